The number of hydrogen-bond donors (Lipinski definition) is 1. The fraction of sp³-hybridized carbons (Fsp3) is 0.115. The summed E-state index contributed by atoms with van der Waals surface area (Å²) in [7, 11) is 1.54. The van der Waals surface area contributed by atoms with E-state index in [1.807, 2.05) is 43.3 Å². The van der Waals surface area contributed by atoms with Crippen LogP contribution in [0.1, 0.15) is 16.7 Å². The first-order valence-corrected chi connectivity index (χ1v) is 12.5. The van der Waals surface area contributed by atoms with Crippen molar-refractivity contribution in [2.24, 2.45) is 0 Å². The lowest BCUT2D eigenvalue weighted by Crippen LogP contribution is -2.54. The van der Waals surface area contributed by atoms with Gasteiger partial charge in [0.1, 0.15) is 12.2 Å². The highest BCUT2D eigenvalue weighted by Crippen LogP contribution is 2.31. The summed E-state index contributed by atoms with van der Waals surface area (Å²) in [5, 5.41) is 2.65. The molecule has 178 valence electrons. The van der Waals surface area contributed by atoms with E-state index in [0.717, 1.165) is 20.1 Å². The number of aryl methyl sites for hydroxylation is 1. The maximum Gasteiger partial charge on any atom is 0.270 e. The first-order chi connectivity index (χ1) is 16.8. The largest absolute Gasteiger partial charge is 0.493 e. The Morgan fingerprint density at radius 1 is 0.971 bits per heavy atom. The van der Waals surface area contributed by atoms with E-state index in [0.29, 0.717) is 29.4 Å². The van der Waals surface area contributed by atoms with Crippen molar-refractivity contribution in [2.75, 3.05) is 12.0 Å². The molecule has 0 radical (unpaired) electrons. The fourth-order valence-electron chi connectivity index (χ4n) is 3.55. The molecular weight excluding hydrogens is 596 g/mol. The monoisotopic (exact) mass is 614 g/mol. The van der Waals surface area contributed by atoms with Crippen LogP contribution in [0.2, 0.25) is 0 Å². The van der Waals surface area contributed by atoms with E-state index < -0.39 is 11.8 Å². The van der Waals surface area contributed by atoms with Crippen LogP contribution in [0.3, 0.4) is 0 Å². The molecule has 0 unspecified atom stereocenters. The van der Waals surface area contributed by atoms with Crippen molar-refractivity contribution in [1.29, 1.82) is 0 Å². The Morgan fingerprint density at radius 3 is 2.37 bits per heavy atom. The predicted octanol–water partition coefficient (Wildman–Crippen LogP) is 5.94. The smallest absolute Gasteiger partial charge is 0.270 e. The minimum Gasteiger partial charge on any atom is -0.493 e. The van der Waals surface area contributed by atoms with Gasteiger partial charge in [-0.15, -0.1) is 0 Å². The van der Waals surface area contributed by atoms with Gasteiger partial charge in [0.2, 0.25) is 0 Å². The number of carbonyl (C=O) groups excluding carboxylic acids is 2. The third kappa shape index (κ3) is 5.63. The molecule has 6 nitrogen and oxygen atoms in total. The average molecular weight is 616 g/mol. The van der Waals surface area contributed by atoms with Crippen LogP contribution in [0.25, 0.3) is 6.08 Å². The van der Waals surface area contributed by atoms with Crippen molar-refractivity contribution in [1.82, 2.24) is 5.32 Å². The van der Waals surface area contributed by atoms with Crippen LogP contribution in [0.5, 0.6) is 11.5 Å². The normalized spacial score (nSPS) is 14.8. The van der Waals surface area contributed by atoms with Gasteiger partial charge in [0, 0.05) is 8.95 Å². The highest BCUT2D eigenvalue weighted by molar-refractivity contribution is 9.10. The van der Waals surface area contributed by atoms with Crippen molar-refractivity contribution in [3.05, 3.63) is 91.9 Å². The van der Waals surface area contributed by atoms with Crippen LogP contribution >= 0.6 is 44.1 Å². The van der Waals surface area contributed by atoms with E-state index in [1.54, 1.807) is 24.3 Å². The molecule has 0 atom stereocenters. The lowest BCUT2D eigenvalue weighted by Gasteiger charge is -2.30. The van der Waals surface area contributed by atoms with Gasteiger partial charge in [0.05, 0.1) is 12.8 Å². The molecule has 0 bridgehead atoms. The maximum atomic E-state index is 13.3. The number of halogens is 2. The molecule has 1 N–H and O–H groups in total. The summed E-state index contributed by atoms with van der Waals surface area (Å²) in [5.41, 5.74) is 3.01. The minimum absolute atomic E-state index is 0.0356. The molecule has 0 aliphatic carbocycles. The zero-order chi connectivity index (χ0) is 25.1. The van der Waals surface area contributed by atoms with E-state index in [2.05, 4.69) is 37.2 Å². The number of ether oxygens (including phenoxy) is 2. The average Bonchev–Trinajstić information content (AvgIpc) is 2.83. The zero-order valence-corrected chi connectivity index (χ0v) is 22.8. The van der Waals surface area contributed by atoms with Gasteiger partial charge in [0.25, 0.3) is 11.8 Å². The second-order valence-corrected chi connectivity index (χ2v) is 9.93. The van der Waals surface area contributed by atoms with Gasteiger partial charge in [-0.3, -0.25) is 19.8 Å². The molecule has 3 aromatic rings. The molecule has 3 aromatic carbocycles. The van der Waals surface area contributed by atoms with E-state index in [1.165, 1.54) is 18.1 Å². The van der Waals surface area contributed by atoms with Crippen molar-refractivity contribution < 1.29 is 19.1 Å². The minimum atomic E-state index is -0.555. The second-order valence-electron chi connectivity index (χ2n) is 7.71. The topological polar surface area (TPSA) is 67.9 Å². The molecule has 9 heteroatoms. The molecule has 1 heterocycles. The molecule has 1 fully saturated rings. The van der Waals surface area contributed by atoms with Crippen LogP contribution in [0, 0.1) is 6.92 Å². The first-order valence-electron chi connectivity index (χ1n) is 10.5. The van der Waals surface area contributed by atoms with Gasteiger partial charge < -0.3 is 9.47 Å². The van der Waals surface area contributed by atoms with Gasteiger partial charge in [0.15, 0.2) is 16.6 Å². The summed E-state index contributed by atoms with van der Waals surface area (Å²) in [6.45, 7) is 2.23. The molecule has 0 spiro atoms. The summed E-state index contributed by atoms with van der Waals surface area (Å²) in [6.07, 6.45) is 1.52. The molecule has 1 aliphatic rings. The van der Waals surface area contributed by atoms with Gasteiger partial charge in [-0.2, -0.15) is 0 Å². The number of amides is 2. The Hall–Kier alpha value is -3.01. The quantitative estimate of drug-likeness (QED) is 0.211. The molecule has 1 saturated heterocycles. The maximum absolute atomic E-state index is 13.3. The van der Waals surface area contributed by atoms with E-state index >= 15 is 0 Å². The standard InChI is InChI=1S/C26H20Br2N2O4S/c1-15-11-19(28)8-9-21(15)30-25(32)20(24(31)29-26(30)35)12-17-5-10-22(23(13-17)33-2)34-14-16-3-6-18(27)7-4-16/h3-13H,14H2,1-2H3,(H,29,31,35)/b20-12+. The molecule has 0 saturated carbocycles. The van der Waals surface area contributed by atoms with Gasteiger partial charge >= 0.3 is 0 Å². The molecule has 35 heavy (non-hydrogen) atoms. The number of nitrogens with one attached hydrogen (secondary N) is 1. The summed E-state index contributed by atoms with van der Waals surface area (Å²) >= 11 is 12.1. The van der Waals surface area contributed by atoms with Crippen LogP contribution in [-0.2, 0) is 16.2 Å². The number of hydrogen-bond acceptors (Lipinski definition) is 5. The summed E-state index contributed by atoms with van der Waals surface area (Å²) in [5.74, 6) is -0.0270. The van der Waals surface area contributed by atoms with E-state index in [4.69, 9.17) is 21.7 Å². The van der Waals surface area contributed by atoms with Gasteiger partial charge in [-0.1, -0.05) is 50.1 Å². The highest BCUT2D eigenvalue weighted by Gasteiger charge is 2.35. The van der Waals surface area contributed by atoms with Crippen LogP contribution in [0.15, 0.2) is 75.2 Å². The lowest BCUT2D eigenvalue weighted by molar-refractivity contribution is -0.122. The number of rotatable bonds is 6. The Balaban J connectivity index is 1.60. The number of benzene rings is 3. The first kappa shape index (κ1) is 25.1. The molecule has 4 rings (SSSR count). The van der Waals surface area contributed by atoms with Crippen LogP contribution in [0.4, 0.5) is 5.69 Å². The molecular formula is C26H20Br2N2O4S. The Bertz CT molecular complexity index is 1360. The van der Waals surface area contributed by atoms with E-state index in [9.17, 15) is 9.59 Å². The van der Waals surface area contributed by atoms with Crippen LogP contribution < -0.4 is 19.7 Å². The SMILES string of the molecule is COc1cc(/C=C2\C(=O)NC(=S)N(c3ccc(Br)cc3C)C2=O)ccc1OCc1ccc(Br)cc1. The summed E-state index contributed by atoms with van der Waals surface area (Å²) < 4.78 is 13.3. The molecule has 0 aromatic heterocycles. The molecule has 2 amide bonds. The fourth-order valence-corrected chi connectivity index (χ4v) is 4.56. The van der Waals surface area contributed by atoms with Gasteiger partial charge in [-0.25, -0.2) is 0 Å². The lowest BCUT2D eigenvalue weighted by atomic mass is 10.1. The van der Waals surface area contributed by atoms with Crippen molar-refractivity contribution >= 4 is 72.8 Å². The van der Waals surface area contributed by atoms with Crippen molar-refractivity contribution in [3.8, 4) is 11.5 Å². The number of carbonyl (C=O) groups is 2. The predicted molar refractivity (Wildman–Crippen MR) is 147 cm³/mol. The van der Waals surface area contributed by atoms with E-state index in [-0.39, 0.29) is 10.7 Å². The number of nitrogens with zero attached hydrogens (tertiary/aromatic N) is 1. The van der Waals surface area contributed by atoms with Crippen molar-refractivity contribution in [2.45, 2.75) is 13.5 Å². The summed E-state index contributed by atoms with van der Waals surface area (Å²) in [4.78, 5) is 27.3. The van der Waals surface area contributed by atoms with Crippen LogP contribution in [-0.4, -0.2) is 24.0 Å². The van der Waals surface area contributed by atoms with Crippen molar-refractivity contribution in [3.63, 3.8) is 0 Å². The Morgan fingerprint density at radius 2 is 1.69 bits per heavy atom. The highest BCUT2D eigenvalue weighted by atomic mass is 79.9. The number of thiocarbonyl (C=S) groups is 1. The number of anilines is 1. The number of methoxy groups -OCH3 is 1. The Labute approximate surface area is 225 Å². The Kier molecular flexibility index (Phi) is 7.69. The van der Waals surface area contributed by atoms with Gasteiger partial charge in [-0.05, 0) is 84.4 Å². The second kappa shape index (κ2) is 10.7. The molecule has 1 aliphatic heterocycles. The third-order valence-electron chi connectivity index (χ3n) is 5.31. The summed E-state index contributed by atoms with van der Waals surface area (Å²) in [6, 6.07) is 18.5. The third-order valence-corrected chi connectivity index (χ3v) is 6.61. The zero-order valence-electron chi connectivity index (χ0n) is 18.8.